The van der Waals surface area contributed by atoms with Gasteiger partial charge in [0.05, 0.1) is 23.5 Å². The second kappa shape index (κ2) is 8.86. The van der Waals surface area contributed by atoms with E-state index in [1.54, 1.807) is 29.8 Å². The maximum Gasteiger partial charge on any atom is 0.405 e. The van der Waals surface area contributed by atoms with Gasteiger partial charge in [0.2, 0.25) is 11.7 Å². The third kappa shape index (κ3) is 4.93. The smallest absolute Gasteiger partial charge is 0.405 e. The molecule has 3 N–H and O–H groups in total. The Morgan fingerprint density at radius 3 is 2.37 bits per heavy atom. The van der Waals surface area contributed by atoms with E-state index in [0.717, 1.165) is 12.8 Å². The molecule has 2 atom stereocenters. The van der Waals surface area contributed by atoms with Gasteiger partial charge < -0.3 is 15.7 Å². The molecule has 2 amide bonds. The van der Waals surface area contributed by atoms with Crippen LogP contribution in [0.3, 0.4) is 0 Å². The highest BCUT2D eigenvalue weighted by molar-refractivity contribution is 5.93. The lowest BCUT2D eigenvalue weighted by atomic mass is 9.81. The van der Waals surface area contributed by atoms with Crippen molar-refractivity contribution in [2.45, 2.75) is 63.5 Å². The molecular formula is C22H25F2N7O4. The summed E-state index contributed by atoms with van der Waals surface area (Å²) < 4.78 is 34.0. The van der Waals surface area contributed by atoms with Gasteiger partial charge in [0.25, 0.3) is 5.91 Å². The van der Waals surface area contributed by atoms with Crippen LogP contribution in [0.2, 0.25) is 0 Å². The minimum absolute atomic E-state index is 0.0207. The summed E-state index contributed by atoms with van der Waals surface area (Å²) in [5.74, 6) is -3.00. The first-order chi connectivity index (χ1) is 16.7. The van der Waals surface area contributed by atoms with E-state index < -0.39 is 30.0 Å². The van der Waals surface area contributed by atoms with Crippen molar-refractivity contribution in [1.82, 2.24) is 35.3 Å². The molecule has 0 spiro atoms. The number of halogens is 2. The fourth-order valence-corrected chi connectivity index (χ4v) is 4.70. The van der Waals surface area contributed by atoms with Gasteiger partial charge in [0, 0.05) is 25.2 Å². The molecule has 0 aromatic carbocycles. The zero-order chi connectivity index (χ0) is 24.7. The Morgan fingerprint density at radius 1 is 1.09 bits per heavy atom. The van der Waals surface area contributed by atoms with Gasteiger partial charge in [-0.1, -0.05) is 5.16 Å². The Hall–Kier alpha value is -3.64. The fraction of sp³-hybridized carbons (Fsp3) is 0.545. The van der Waals surface area contributed by atoms with E-state index in [2.05, 4.69) is 35.5 Å². The van der Waals surface area contributed by atoms with Crippen LogP contribution in [0.15, 0.2) is 23.1 Å². The Labute approximate surface area is 198 Å². The number of carbonyl (C=O) groups excluding carboxylic acids is 1. The second-order valence-corrected chi connectivity index (χ2v) is 9.33. The molecule has 2 aliphatic rings. The minimum atomic E-state index is -2.72. The molecule has 35 heavy (non-hydrogen) atoms. The standard InChI is InChI=1S/C22H25F2N7O4/c1-11-16(30-35-29-11)19(32)27-18(13-4-7-22(23,24)8-5-13)15-10-31-9-6-14(25-20(31)26-15)17(12-2-3-12)28-21(33)34/h6,9-10,12-13,17-18,28H,2-5,7-8H2,1H3,(H,27,32)(H,33,34). The van der Waals surface area contributed by atoms with Gasteiger partial charge in [-0.2, -0.15) is 0 Å². The average molecular weight is 489 g/mol. The van der Waals surface area contributed by atoms with Gasteiger partial charge in [-0.25, -0.2) is 28.2 Å². The Morgan fingerprint density at radius 2 is 1.74 bits per heavy atom. The molecule has 0 aliphatic heterocycles. The van der Waals surface area contributed by atoms with Crippen LogP contribution in [0.25, 0.3) is 5.78 Å². The Kier molecular flexibility index (Phi) is 5.85. The molecule has 13 heteroatoms. The van der Waals surface area contributed by atoms with E-state index in [-0.39, 0.29) is 43.2 Å². The molecule has 0 bridgehead atoms. The van der Waals surface area contributed by atoms with Crippen LogP contribution in [0, 0.1) is 18.8 Å². The molecule has 2 saturated carbocycles. The van der Waals surface area contributed by atoms with E-state index >= 15 is 0 Å². The summed E-state index contributed by atoms with van der Waals surface area (Å²) >= 11 is 0. The molecule has 3 aromatic heterocycles. The van der Waals surface area contributed by atoms with Crippen LogP contribution in [0.1, 0.15) is 78.2 Å². The number of rotatable bonds is 7. The normalized spacial score (nSPS) is 19.9. The Balaban J connectivity index is 1.45. The van der Waals surface area contributed by atoms with Crippen molar-refractivity contribution in [3.8, 4) is 0 Å². The van der Waals surface area contributed by atoms with Crippen molar-refractivity contribution in [1.29, 1.82) is 0 Å². The summed E-state index contributed by atoms with van der Waals surface area (Å²) in [5.41, 5.74) is 1.37. The molecule has 2 unspecified atom stereocenters. The number of carboxylic acid groups (broad SMARTS) is 1. The van der Waals surface area contributed by atoms with E-state index in [0.29, 0.717) is 22.9 Å². The maximum atomic E-state index is 13.8. The van der Waals surface area contributed by atoms with Gasteiger partial charge in [-0.15, -0.1) is 0 Å². The summed E-state index contributed by atoms with van der Waals surface area (Å²) in [6, 6.07) is 0.643. The number of nitrogens with zero attached hydrogens (tertiary/aromatic N) is 5. The number of nitrogens with one attached hydrogen (secondary N) is 2. The molecule has 2 aliphatic carbocycles. The summed E-state index contributed by atoms with van der Waals surface area (Å²) in [5, 5.41) is 21.9. The molecule has 0 saturated heterocycles. The van der Waals surface area contributed by atoms with Crippen LogP contribution >= 0.6 is 0 Å². The first-order valence-corrected chi connectivity index (χ1v) is 11.5. The number of hydrogen-bond acceptors (Lipinski definition) is 7. The minimum Gasteiger partial charge on any atom is -0.465 e. The first kappa shape index (κ1) is 23.1. The summed E-state index contributed by atoms with van der Waals surface area (Å²) in [6.07, 6.45) is 4.02. The first-order valence-electron chi connectivity index (χ1n) is 11.5. The second-order valence-electron chi connectivity index (χ2n) is 9.33. The van der Waals surface area contributed by atoms with Crippen LogP contribution < -0.4 is 10.6 Å². The lowest BCUT2D eigenvalue weighted by molar-refractivity contribution is -0.0495. The topological polar surface area (TPSA) is 148 Å². The molecule has 0 radical (unpaired) electrons. The largest absolute Gasteiger partial charge is 0.465 e. The number of imidazole rings is 1. The molecule has 3 heterocycles. The Bertz CT molecular complexity index is 1250. The number of aromatic nitrogens is 5. The lowest BCUT2D eigenvalue weighted by Crippen LogP contribution is -2.37. The number of carbonyl (C=O) groups is 2. The van der Waals surface area contributed by atoms with Gasteiger partial charge in [0.1, 0.15) is 5.69 Å². The lowest BCUT2D eigenvalue weighted by Gasteiger charge is -2.33. The van der Waals surface area contributed by atoms with Crippen LogP contribution in [0.5, 0.6) is 0 Å². The predicted octanol–water partition coefficient (Wildman–Crippen LogP) is 3.44. The molecule has 2 fully saturated rings. The van der Waals surface area contributed by atoms with E-state index in [4.69, 9.17) is 0 Å². The highest BCUT2D eigenvalue weighted by Gasteiger charge is 2.40. The quantitative estimate of drug-likeness (QED) is 0.457. The molecule has 11 nitrogen and oxygen atoms in total. The fourth-order valence-electron chi connectivity index (χ4n) is 4.70. The SMILES string of the molecule is Cc1nonc1C(=O)NC(c1cn2ccc(C(NC(=O)O)C3CC3)nc2n1)C1CCC(F)(F)CC1. The third-order valence-corrected chi connectivity index (χ3v) is 6.76. The number of amides is 2. The third-order valence-electron chi connectivity index (χ3n) is 6.76. The van der Waals surface area contributed by atoms with E-state index in [9.17, 15) is 23.5 Å². The summed E-state index contributed by atoms with van der Waals surface area (Å²) in [4.78, 5) is 33.3. The van der Waals surface area contributed by atoms with Gasteiger partial charge in [-0.3, -0.25) is 9.20 Å². The predicted molar refractivity (Wildman–Crippen MR) is 116 cm³/mol. The summed E-state index contributed by atoms with van der Waals surface area (Å²) in [7, 11) is 0. The van der Waals surface area contributed by atoms with Crippen molar-refractivity contribution in [2.24, 2.45) is 11.8 Å². The van der Waals surface area contributed by atoms with Gasteiger partial charge >= 0.3 is 6.09 Å². The maximum absolute atomic E-state index is 13.8. The molecule has 5 rings (SSSR count). The van der Waals surface area contributed by atoms with Crippen LogP contribution in [-0.4, -0.2) is 47.7 Å². The molecule has 186 valence electrons. The van der Waals surface area contributed by atoms with E-state index in [1.165, 1.54) is 0 Å². The molecular weight excluding hydrogens is 464 g/mol. The van der Waals surface area contributed by atoms with Crippen molar-refractivity contribution in [2.75, 3.05) is 0 Å². The number of fused-ring (bicyclic) bond motifs is 1. The van der Waals surface area contributed by atoms with E-state index in [1.807, 2.05) is 0 Å². The van der Waals surface area contributed by atoms with Crippen molar-refractivity contribution < 1.29 is 28.1 Å². The van der Waals surface area contributed by atoms with Gasteiger partial charge in [-0.05, 0) is 55.7 Å². The molecule has 3 aromatic rings. The zero-order valence-corrected chi connectivity index (χ0v) is 18.9. The zero-order valence-electron chi connectivity index (χ0n) is 18.9. The van der Waals surface area contributed by atoms with Gasteiger partial charge in [0.15, 0.2) is 5.69 Å². The number of alkyl halides is 2. The average Bonchev–Trinajstić information content (AvgIpc) is 3.41. The van der Waals surface area contributed by atoms with Crippen molar-refractivity contribution in [3.63, 3.8) is 0 Å². The number of aryl methyl sites for hydroxylation is 1. The van der Waals surface area contributed by atoms with Crippen LogP contribution in [-0.2, 0) is 0 Å². The highest BCUT2D eigenvalue weighted by Crippen LogP contribution is 2.42. The number of hydrogen-bond donors (Lipinski definition) is 3. The summed E-state index contributed by atoms with van der Waals surface area (Å²) in [6.45, 7) is 1.58. The highest BCUT2D eigenvalue weighted by atomic mass is 19.3. The monoisotopic (exact) mass is 489 g/mol. The van der Waals surface area contributed by atoms with Crippen LogP contribution in [0.4, 0.5) is 13.6 Å². The van der Waals surface area contributed by atoms with Crippen molar-refractivity contribution >= 4 is 17.8 Å². The van der Waals surface area contributed by atoms with Crippen molar-refractivity contribution in [3.05, 3.63) is 41.2 Å².